The summed E-state index contributed by atoms with van der Waals surface area (Å²) < 4.78 is 11.2. The van der Waals surface area contributed by atoms with E-state index < -0.39 is 6.10 Å². The zero-order valence-electron chi connectivity index (χ0n) is 15.6. The number of fused-ring (bicyclic) bond motifs is 1. The maximum atomic E-state index is 12.4. The van der Waals surface area contributed by atoms with Gasteiger partial charge in [-0.05, 0) is 55.8 Å². The van der Waals surface area contributed by atoms with Crippen molar-refractivity contribution in [3.05, 3.63) is 48.0 Å². The van der Waals surface area contributed by atoms with Gasteiger partial charge in [-0.2, -0.15) is 0 Å². The Kier molecular flexibility index (Phi) is 5.96. The van der Waals surface area contributed by atoms with E-state index in [9.17, 15) is 9.59 Å². The third kappa shape index (κ3) is 4.78. The number of rotatable bonds is 7. The molecule has 142 valence electrons. The van der Waals surface area contributed by atoms with Gasteiger partial charge in [0.25, 0.3) is 11.8 Å². The van der Waals surface area contributed by atoms with Crippen LogP contribution < -0.4 is 20.1 Å². The highest BCUT2D eigenvalue weighted by atomic mass is 16.5. The molecule has 0 unspecified atom stereocenters. The van der Waals surface area contributed by atoms with Gasteiger partial charge in [0.15, 0.2) is 6.10 Å². The Balaban J connectivity index is 1.60. The highest BCUT2D eigenvalue weighted by Crippen LogP contribution is 2.32. The van der Waals surface area contributed by atoms with Gasteiger partial charge in [-0.25, -0.2) is 0 Å². The molecule has 0 fully saturated rings. The van der Waals surface area contributed by atoms with Gasteiger partial charge in [0.05, 0.1) is 12.3 Å². The summed E-state index contributed by atoms with van der Waals surface area (Å²) in [6.45, 7) is 4.52. The van der Waals surface area contributed by atoms with Gasteiger partial charge in [-0.15, -0.1) is 0 Å². The Hall–Kier alpha value is -3.02. The van der Waals surface area contributed by atoms with Gasteiger partial charge in [0, 0.05) is 11.3 Å². The molecule has 1 heterocycles. The van der Waals surface area contributed by atoms with Gasteiger partial charge in [-0.1, -0.05) is 19.8 Å². The second-order valence-corrected chi connectivity index (χ2v) is 6.49. The number of nitrogens with one attached hydrogen (secondary N) is 2. The topological polar surface area (TPSA) is 76.7 Å². The van der Waals surface area contributed by atoms with Crippen LogP contribution >= 0.6 is 0 Å². The number of amides is 2. The van der Waals surface area contributed by atoms with Crippen LogP contribution in [0.4, 0.5) is 11.4 Å². The molecule has 0 saturated heterocycles. The molecule has 1 aliphatic heterocycles. The summed E-state index contributed by atoms with van der Waals surface area (Å²) in [6, 6.07) is 12.2. The average Bonchev–Trinajstić information content (AvgIpc) is 2.67. The third-order valence-electron chi connectivity index (χ3n) is 4.30. The first-order valence-corrected chi connectivity index (χ1v) is 9.22. The van der Waals surface area contributed by atoms with E-state index >= 15 is 0 Å². The van der Waals surface area contributed by atoms with Gasteiger partial charge in [0.1, 0.15) is 11.5 Å². The van der Waals surface area contributed by atoms with Crippen LogP contribution in [0.15, 0.2) is 42.5 Å². The number of carbonyl (C=O) groups is 2. The Morgan fingerprint density at radius 1 is 1.19 bits per heavy atom. The van der Waals surface area contributed by atoms with Crippen LogP contribution in [0.3, 0.4) is 0 Å². The van der Waals surface area contributed by atoms with Crippen molar-refractivity contribution in [2.45, 2.75) is 39.2 Å². The molecule has 0 spiro atoms. The molecule has 2 aromatic carbocycles. The van der Waals surface area contributed by atoms with Crippen LogP contribution in [0.25, 0.3) is 0 Å². The number of unbranched alkanes of at least 4 members (excludes halogenated alkanes) is 2. The van der Waals surface area contributed by atoms with E-state index in [1.165, 1.54) is 0 Å². The van der Waals surface area contributed by atoms with Crippen molar-refractivity contribution >= 4 is 23.2 Å². The summed E-state index contributed by atoms with van der Waals surface area (Å²) in [5, 5.41) is 5.59. The molecule has 2 N–H and O–H groups in total. The summed E-state index contributed by atoms with van der Waals surface area (Å²) in [5.74, 6) is 0.902. The first-order valence-electron chi connectivity index (χ1n) is 9.22. The summed E-state index contributed by atoms with van der Waals surface area (Å²) in [7, 11) is 0. The molecule has 0 radical (unpaired) electrons. The molecule has 3 rings (SSSR count). The maximum absolute atomic E-state index is 12.4. The van der Waals surface area contributed by atoms with Crippen LogP contribution in [-0.4, -0.2) is 24.5 Å². The minimum absolute atomic E-state index is 0.208. The fraction of sp³-hybridized carbons (Fsp3) is 0.333. The van der Waals surface area contributed by atoms with Gasteiger partial charge in [0.2, 0.25) is 0 Å². The summed E-state index contributed by atoms with van der Waals surface area (Å²) in [6.07, 6.45) is 2.79. The van der Waals surface area contributed by atoms with Crippen molar-refractivity contribution in [3.8, 4) is 11.5 Å². The molecule has 0 aromatic heterocycles. The Labute approximate surface area is 158 Å². The second kappa shape index (κ2) is 8.58. The van der Waals surface area contributed by atoms with Gasteiger partial charge < -0.3 is 20.1 Å². The van der Waals surface area contributed by atoms with E-state index in [0.29, 0.717) is 29.3 Å². The van der Waals surface area contributed by atoms with Crippen LogP contribution in [-0.2, 0) is 4.79 Å². The van der Waals surface area contributed by atoms with E-state index in [1.54, 1.807) is 49.4 Å². The Morgan fingerprint density at radius 3 is 2.70 bits per heavy atom. The molecule has 0 aliphatic carbocycles. The summed E-state index contributed by atoms with van der Waals surface area (Å²) in [4.78, 5) is 24.2. The Morgan fingerprint density at radius 2 is 1.96 bits per heavy atom. The van der Waals surface area contributed by atoms with Crippen LogP contribution in [0.5, 0.6) is 11.5 Å². The fourth-order valence-electron chi connectivity index (χ4n) is 2.73. The molecule has 27 heavy (non-hydrogen) atoms. The summed E-state index contributed by atoms with van der Waals surface area (Å²) >= 11 is 0. The maximum Gasteiger partial charge on any atom is 0.265 e. The lowest BCUT2D eigenvalue weighted by atomic mass is 10.1. The third-order valence-corrected chi connectivity index (χ3v) is 4.30. The van der Waals surface area contributed by atoms with E-state index in [4.69, 9.17) is 9.47 Å². The van der Waals surface area contributed by atoms with Gasteiger partial charge in [-0.3, -0.25) is 9.59 Å². The predicted octanol–water partition coefficient (Wildman–Crippen LogP) is 4.23. The lowest BCUT2D eigenvalue weighted by molar-refractivity contribution is -0.122. The first kappa shape index (κ1) is 18.8. The van der Waals surface area contributed by atoms with Crippen LogP contribution in [0, 0.1) is 0 Å². The van der Waals surface area contributed by atoms with E-state index in [1.807, 2.05) is 0 Å². The molecule has 0 bridgehead atoms. The number of benzene rings is 2. The number of carbonyl (C=O) groups excluding carboxylic acids is 2. The minimum atomic E-state index is -0.527. The highest BCUT2D eigenvalue weighted by Gasteiger charge is 2.23. The predicted molar refractivity (Wildman–Crippen MR) is 105 cm³/mol. The zero-order chi connectivity index (χ0) is 19.2. The van der Waals surface area contributed by atoms with E-state index in [2.05, 4.69) is 17.6 Å². The SMILES string of the molecule is CCCCCOc1ccc(C(=O)Nc2ccc3c(c2)NC(=O)[C@H](C)O3)cc1. The molecule has 0 saturated carbocycles. The number of hydrogen-bond donors (Lipinski definition) is 2. The fourth-order valence-corrected chi connectivity index (χ4v) is 2.73. The molecular formula is C21H24N2O4. The largest absolute Gasteiger partial charge is 0.494 e. The number of ether oxygens (including phenoxy) is 2. The average molecular weight is 368 g/mol. The van der Waals surface area contributed by atoms with E-state index in [0.717, 1.165) is 25.0 Å². The highest BCUT2D eigenvalue weighted by molar-refractivity contribution is 6.05. The van der Waals surface area contributed by atoms with Crippen molar-refractivity contribution < 1.29 is 19.1 Å². The molecular weight excluding hydrogens is 344 g/mol. The van der Waals surface area contributed by atoms with Crippen LogP contribution in [0.1, 0.15) is 43.5 Å². The van der Waals surface area contributed by atoms with Crippen molar-refractivity contribution in [1.29, 1.82) is 0 Å². The Bertz CT molecular complexity index is 817. The lowest BCUT2D eigenvalue weighted by Crippen LogP contribution is -2.34. The first-order chi connectivity index (χ1) is 13.1. The molecule has 6 heteroatoms. The zero-order valence-corrected chi connectivity index (χ0v) is 15.6. The van der Waals surface area contributed by atoms with Crippen molar-refractivity contribution in [2.24, 2.45) is 0 Å². The smallest absolute Gasteiger partial charge is 0.265 e. The molecule has 1 aliphatic rings. The molecule has 6 nitrogen and oxygen atoms in total. The van der Waals surface area contributed by atoms with Crippen molar-refractivity contribution in [1.82, 2.24) is 0 Å². The monoisotopic (exact) mass is 368 g/mol. The van der Waals surface area contributed by atoms with Crippen LogP contribution in [0.2, 0.25) is 0 Å². The van der Waals surface area contributed by atoms with Crippen molar-refractivity contribution in [3.63, 3.8) is 0 Å². The van der Waals surface area contributed by atoms with E-state index in [-0.39, 0.29) is 11.8 Å². The summed E-state index contributed by atoms with van der Waals surface area (Å²) in [5.41, 5.74) is 1.66. The number of hydrogen-bond acceptors (Lipinski definition) is 4. The number of anilines is 2. The quantitative estimate of drug-likeness (QED) is 0.717. The van der Waals surface area contributed by atoms with Crippen molar-refractivity contribution in [2.75, 3.05) is 17.2 Å². The molecule has 2 aromatic rings. The minimum Gasteiger partial charge on any atom is -0.494 e. The standard InChI is InChI=1S/C21H24N2O4/c1-3-4-5-12-26-17-9-6-15(7-10-17)21(25)22-16-8-11-19-18(13-16)23-20(24)14(2)27-19/h6-11,13-14H,3-5,12H2,1-2H3,(H,22,25)(H,23,24)/t14-/m0/s1. The normalized spacial score (nSPS) is 15.3. The van der Waals surface area contributed by atoms with Gasteiger partial charge >= 0.3 is 0 Å². The second-order valence-electron chi connectivity index (χ2n) is 6.49. The lowest BCUT2D eigenvalue weighted by Gasteiger charge is -2.23. The molecule has 2 amide bonds. The molecule has 1 atom stereocenters.